The van der Waals surface area contributed by atoms with Crippen LogP contribution in [0.2, 0.25) is 0 Å². The first-order valence-electron chi connectivity index (χ1n) is 6.80. The molecule has 0 aliphatic heterocycles. The average Bonchev–Trinajstić information content (AvgIpc) is 2.48. The van der Waals surface area contributed by atoms with Gasteiger partial charge in [-0.25, -0.2) is 0 Å². The van der Waals surface area contributed by atoms with E-state index in [0.717, 1.165) is 23.4 Å². The third-order valence-corrected chi connectivity index (χ3v) is 3.43. The van der Waals surface area contributed by atoms with Gasteiger partial charge in [0.2, 0.25) is 0 Å². The Morgan fingerprint density at radius 1 is 1.15 bits per heavy atom. The van der Waals surface area contributed by atoms with Gasteiger partial charge in [0.25, 0.3) is 0 Å². The molecule has 0 aliphatic rings. The molecular formula is C17H22N2O. The van der Waals surface area contributed by atoms with Crippen molar-refractivity contribution in [3.63, 3.8) is 0 Å². The van der Waals surface area contributed by atoms with E-state index >= 15 is 0 Å². The van der Waals surface area contributed by atoms with Crippen LogP contribution < -0.4 is 15.4 Å². The van der Waals surface area contributed by atoms with Crippen molar-refractivity contribution >= 4 is 5.69 Å². The van der Waals surface area contributed by atoms with Crippen molar-refractivity contribution in [2.24, 2.45) is 5.73 Å². The number of nitrogens with two attached hydrogens (primary N) is 1. The van der Waals surface area contributed by atoms with Gasteiger partial charge in [0, 0.05) is 30.9 Å². The van der Waals surface area contributed by atoms with E-state index in [9.17, 15) is 0 Å². The molecule has 20 heavy (non-hydrogen) atoms. The second kappa shape index (κ2) is 6.44. The summed E-state index contributed by atoms with van der Waals surface area (Å²) in [6.07, 6.45) is 0. The zero-order valence-electron chi connectivity index (χ0n) is 12.3. The molecule has 2 aromatic rings. The molecule has 1 unspecified atom stereocenters. The summed E-state index contributed by atoms with van der Waals surface area (Å²) in [7, 11) is 3.78. The molecular weight excluding hydrogens is 248 g/mol. The minimum Gasteiger partial charge on any atom is -0.496 e. The van der Waals surface area contributed by atoms with Crippen molar-refractivity contribution in [2.45, 2.75) is 19.5 Å². The molecule has 0 fully saturated rings. The predicted octanol–water partition coefficient (Wildman–Crippen LogP) is 3.35. The lowest BCUT2D eigenvalue weighted by molar-refractivity contribution is 0.409. The lowest BCUT2D eigenvalue weighted by Crippen LogP contribution is -2.17. The van der Waals surface area contributed by atoms with Crippen LogP contribution in [0, 0.1) is 0 Å². The highest BCUT2D eigenvalue weighted by atomic mass is 16.5. The number of benzene rings is 2. The topological polar surface area (TPSA) is 38.5 Å². The maximum Gasteiger partial charge on any atom is 0.123 e. The van der Waals surface area contributed by atoms with Gasteiger partial charge in [-0.15, -0.1) is 0 Å². The minimum absolute atomic E-state index is 0.0293. The van der Waals surface area contributed by atoms with Crippen molar-refractivity contribution in [2.75, 3.05) is 19.1 Å². The molecule has 0 spiro atoms. The van der Waals surface area contributed by atoms with Gasteiger partial charge in [-0.05, 0) is 36.8 Å². The molecule has 0 saturated carbocycles. The van der Waals surface area contributed by atoms with Crippen LogP contribution in [0.25, 0.3) is 0 Å². The van der Waals surface area contributed by atoms with Gasteiger partial charge in [-0.2, -0.15) is 0 Å². The first-order chi connectivity index (χ1) is 9.61. The fraction of sp³-hybridized carbons (Fsp3) is 0.294. The van der Waals surface area contributed by atoms with Gasteiger partial charge in [0.1, 0.15) is 5.75 Å². The van der Waals surface area contributed by atoms with Gasteiger partial charge in [-0.1, -0.05) is 24.3 Å². The third-order valence-electron chi connectivity index (χ3n) is 3.43. The molecule has 0 radical (unpaired) electrons. The maximum atomic E-state index is 5.96. The molecule has 0 amide bonds. The molecule has 0 aliphatic carbocycles. The first kappa shape index (κ1) is 14.4. The number of rotatable bonds is 5. The maximum absolute atomic E-state index is 5.96. The molecule has 2 rings (SSSR count). The standard InChI is InChI=1S/C17H22N2O/c1-13(18)14-9-10-17(20-3)15(11-14)12-19(2)16-7-5-4-6-8-16/h4-11,13H,12,18H2,1-3H3. The highest BCUT2D eigenvalue weighted by Gasteiger charge is 2.10. The summed E-state index contributed by atoms with van der Waals surface area (Å²) >= 11 is 0. The number of para-hydroxylation sites is 1. The minimum atomic E-state index is 0.0293. The van der Waals surface area contributed by atoms with Crippen LogP contribution in [0.15, 0.2) is 48.5 Å². The van der Waals surface area contributed by atoms with Crippen LogP contribution in [0.5, 0.6) is 5.75 Å². The van der Waals surface area contributed by atoms with E-state index in [1.807, 2.05) is 37.3 Å². The Labute approximate surface area is 121 Å². The lowest BCUT2D eigenvalue weighted by Gasteiger charge is -2.21. The number of nitrogens with zero attached hydrogens (tertiary/aromatic N) is 1. The van der Waals surface area contributed by atoms with Crippen LogP contribution >= 0.6 is 0 Å². The molecule has 0 aromatic heterocycles. The van der Waals surface area contributed by atoms with Gasteiger partial charge >= 0.3 is 0 Å². The van der Waals surface area contributed by atoms with Crippen LogP contribution in [0.3, 0.4) is 0 Å². The fourth-order valence-corrected chi connectivity index (χ4v) is 2.23. The van der Waals surface area contributed by atoms with Crippen LogP contribution in [-0.2, 0) is 6.54 Å². The molecule has 1 atom stereocenters. The molecule has 0 saturated heterocycles. The summed E-state index contributed by atoms with van der Waals surface area (Å²) in [4.78, 5) is 2.20. The smallest absolute Gasteiger partial charge is 0.123 e. The van der Waals surface area contributed by atoms with E-state index in [0.29, 0.717) is 0 Å². The third kappa shape index (κ3) is 3.31. The summed E-state index contributed by atoms with van der Waals surface area (Å²) in [5.74, 6) is 0.900. The van der Waals surface area contributed by atoms with Crippen LogP contribution in [0.4, 0.5) is 5.69 Å². The molecule has 3 heteroatoms. The van der Waals surface area contributed by atoms with Gasteiger partial charge in [-0.3, -0.25) is 0 Å². The largest absolute Gasteiger partial charge is 0.496 e. The van der Waals surface area contributed by atoms with Crippen molar-refractivity contribution < 1.29 is 4.74 Å². The summed E-state index contributed by atoms with van der Waals surface area (Å²) in [6, 6.07) is 16.5. The zero-order chi connectivity index (χ0) is 14.5. The van der Waals surface area contributed by atoms with E-state index in [1.165, 1.54) is 5.69 Å². The Morgan fingerprint density at radius 3 is 2.45 bits per heavy atom. The van der Waals surface area contributed by atoms with Crippen LogP contribution in [0.1, 0.15) is 24.1 Å². The number of methoxy groups -OCH3 is 1. The normalized spacial score (nSPS) is 12.0. The fourth-order valence-electron chi connectivity index (χ4n) is 2.23. The first-order valence-corrected chi connectivity index (χ1v) is 6.80. The number of ether oxygens (including phenoxy) is 1. The second-order valence-electron chi connectivity index (χ2n) is 5.05. The SMILES string of the molecule is COc1ccc(C(C)N)cc1CN(C)c1ccccc1. The quantitative estimate of drug-likeness (QED) is 0.905. The molecule has 2 N–H and O–H groups in total. The monoisotopic (exact) mass is 270 g/mol. The van der Waals surface area contributed by atoms with Crippen LogP contribution in [-0.4, -0.2) is 14.2 Å². The van der Waals surface area contributed by atoms with E-state index in [-0.39, 0.29) is 6.04 Å². The Morgan fingerprint density at radius 2 is 1.85 bits per heavy atom. The molecule has 2 aromatic carbocycles. The summed E-state index contributed by atoms with van der Waals surface area (Å²) in [5.41, 5.74) is 9.42. The lowest BCUT2D eigenvalue weighted by atomic mass is 10.0. The summed E-state index contributed by atoms with van der Waals surface area (Å²) in [5, 5.41) is 0. The summed E-state index contributed by atoms with van der Waals surface area (Å²) in [6.45, 7) is 2.78. The second-order valence-corrected chi connectivity index (χ2v) is 5.05. The highest BCUT2D eigenvalue weighted by molar-refractivity contribution is 5.48. The van der Waals surface area contributed by atoms with Gasteiger partial charge in [0.05, 0.1) is 7.11 Å². The van der Waals surface area contributed by atoms with E-state index in [1.54, 1.807) is 7.11 Å². The van der Waals surface area contributed by atoms with Crippen molar-refractivity contribution in [1.82, 2.24) is 0 Å². The van der Waals surface area contributed by atoms with E-state index in [2.05, 4.69) is 30.1 Å². The van der Waals surface area contributed by atoms with Crippen molar-refractivity contribution in [3.8, 4) is 5.75 Å². The highest BCUT2D eigenvalue weighted by Crippen LogP contribution is 2.25. The zero-order valence-corrected chi connectivity index (χ0v) is 12.3. The van der Waals surface area contributed by atoms with E-state index < -0.39 is 0 Å². The molecule has 3 nitrogen and oxygen atoms in total. The Kier molecular flexibility index (Phi) is 4.64. The van der Waals surface area contributed by atoms with E-state index in [4.69, 9.17) is 10.5 Å². The summed E-state index contributed by atoms with van der Waals surface area (Å²) < 4.78 is 5.45. The van der Waals surface area contributed by atoms with Gasteiger partial charge in [0.15, 0.2) is 0 Å². The van der Waals surface area contributed by atoms with Crippen molar-refractivity contribution in [3.05, 3.63) is 59.7 Å². The Hall–Kier alpha value is -2.00. The number of hydrogen-bond donors (Lipinski definition) is 1. The molecule has 106 valence electrons. The molecule has 0 bridgehead atoms. The predicted molar refractivity (Wildman–Crippen MR) is 84.1 cm³/mol. The van der Waals surface area contributed by atoms with Gasteiger partial charge < -0.3 is 15.4 Å². The number of anilines is 1. The number of hydrogen-bond acceptors (Lipinski definition) is 3. The molecule has 0 heterocycles. The Balaban J connectivity index is 2.25. The van der Waals surface area contributed by atoms with Crippen molar-refractivity contribution in [1.29, 1.82) is 0 Å². The Bertz CT molecular complexity index is 552. The average molecular weight is 270 g/mol.